The van der Waals surface area contributed by atoms with Gasteiger partial charge in [0, 0.05) is 25.7 Å². The molecule has 0 spiro atoms. The highest BCUT2D eigenvalue weighted by Gasteiger charge is 2.34. The Labute approximate surface area is 173 Å². The zero-order valence-corrected chi connectivity index (χ0v) is 18.1. The number of sulfone groups is 1. The third kappa shape index (κ3) is 5.26. The van der Waals surface area contributed by atoms with Crippen molar-refractivity contribution in [1.29, 1.82) is 0 Å². The number of carbonyl (C=O) groups excluding carboxylic acids is 1. The van der Waals surface area contributed by atoms with Crippen LogP contribution in [0, 0.1) is 0 Å². The van der Waals surface area contributed by atoms with Crippen LogP contribution in [-0.4, -0.2) is 69.1 Å². The lowest BCUT2D eigenvalue weighted by Gasteiger charge is -2.27. The number of hydrogen-bond donors (Lipinski definition) is 0. The quantitative estimate of drug-likeness (QED) is 0.601. The molecule has 1 atom stereocenters. The monoisotopic (exact) mass is 440 g/mol. The third-order valence-electron chi connectivity index (χ3n) is 5.53. The van der Waals surface area contributed by atoms with Gasteiger partial charge in [-0.25, -0.2) is 16.8 Å². The summed E-state index contributed by atoms with van der Waals surface area (Å²) in [5, 5.41) is 0. The van der Waals surface area contributed by atoms with E-state index in [0.717, 1.165) is 19.3 Å². The maximum absolute atomic E-state index is 12.8. The zero-order chi connectivity index (χ0) is 21.1. The molecule has 0 aromatic heterocycles. The van der Waals surface area contributed by atoms with E-state index in [1.54, 1.807) is 35.2 Å². The van der Waals surface area contributed by atoms with Gasteiger partial charge >= 0.3 is 0 Å². The Bertz CT molecular complexity index is 949. The van der Waals surface area contributed by atoms with E-state index in [1.807, 2.05) is 0 Å². The van der Waals surface area contributed by atoms with Gasteiger partial charge in [0.05, 0.1) is 22.8 Å². The minimum atomic E-state index is -3.50. The van der Waals surface area contributed by atoms with Crippen molar-refractivity contribution in [3.8, 4) is 0 Å². The Morgan fingerprint density at radius 3 is 2.38 bits per heavy atom. The summed E-state index contributed by atoms with van der Waals surface area (Å²) in [5.74, 6) is -0.0973. The van der Waals surface area contributed by atoms with Crippen LogP contribution in [0.2, 0.25) is 0 Å². The molecule has 160 valence electrons. The molecule has 1 unspecified atom stereocenters. The Balaban J connectivity index is 1.69. The summed E-state index contributed by atoms with van der Waals surface area (Å²) in [6.45, 7) is 5.05. The van der Waals surface area contributed by atoms with Gasteiger partial charge in [-0.2, -0.15) is 4.31 Å². The van der Waals surface area contributed by atoms with E-state index in [4.69, 9.17) is 0 Å². The van der Waals surface area contributed by atoms with Gasteiger partial charge in [-0.3, -0.25) is 4.79 Å². The second-order valence-corrected chi connectivity index (χ2v) is 11.8. The maximum atomic E-state index is 12.8. The summed E-state index contributed by atoms with van der Waals surface area (Å²) in [4.78, 5) is 14.6. The molecule has 9 heteroatoms. The summed E-state index contributed by atoms with van der Waals surface area (Å²) in [6, 6.07) is 6.08. The lowest BCUT2D eigenvalue weighted by molar-refractivity contribution is -0.131. The van der Waals surface area contributed by atoms with Crippen LogP contribution >= 0.6 is 0 Å². The first-order chi connectivity index (χ1) is 13.7. The van der Waals surface area contributed by atoms with Crippen LogP contribution in [0.4, 0.5) is 0 Å². The van der Waals surface area contributed by atoms with E-state index < -0.39 is 19.9 Å². The Kier molecular flexibility index (Phi) is 6.80. The Morgan fingerprint density at radius 1 is 1.17 bits per heavy atom. The highest BCUT2D eigenvalue weighted by molar-refractivity contribution is 7.91. The molecule has 3 rings (SSSR count). The third-order valence-corrected chi connectivity index (χ3v) is 9.19. The molecule has 0 aliphatic carbocycles. The first-order valence-corrected chi connectivity index (χ1v) is 13.2. The summed E-state index contributed by atoms with van der Waals surface area (Å²) >= 11 is 0. The molecule has 2 heterocycles. The number of amides is 1. The highest BCUT2D eigenvalue weighted by Crippen LogP contribution is 2.22. The second-order valence-electron chi connectivity index (χ2n) is 7.68. The summed E-state index contributed by atoms with van der Waals surface area (Å²) in [5.41, 5.74) is 0.697. The molecule has 0 bridgehead atoms. The normalized spacial score (nSPS) is 22.3. The van der Waals surface area contributed by atoms with Gasteiger partial charge in [-0.1, -0.05) is 24.6 Å². The summed E-state index contributed by atoms with van der Waals surface area (Å²) in [7, 11) is -6.60. The van der Waals surface area contributed by atoms with Gasteiger partial charge in [-0.05, 0) is 37.0 Å². The molecule has 29 heavy (non-hydrogen) atoms. The van der Waals surface area contributed by atoms with Crippen molar-refractivity contribution in [3.63, 3.8) is 0 Å². The van der Waals surface area contributed by atoms with E-state index in [2.05, 4.69) is 6.58 Å². The summed E-state index contributed by atoms with van der Waals surface area (Å²) < 4.78 is 50.5. The fourth-order valence-electron chi connectivity index (χ4n) is 3.92. The zero-order valence-electron chi connectivity index (χ0n) is 16.5. The van der Waals surface area contributed by atoms with Crippen LogP contribution in [0.1, 0.15) is 31.2 Å². The molecule has 2 aliphatic rings. The van der Waals surface area contributed by atoms with Crippen LogP contribution in [0.5, 0.6) is 0 Å². The Morgan fingerprint density at radius 2 is 1.83 bits per heavy atom. The second kappa shape index (κ2) is 8.97. The smallest absolute Gasteiger partial charge is 0.243 e. The molecule has 1 amide bonds. The topological polar surface area (TPSA) is 91.8 Å². The van der Waals surface area contributed by atoms with Crippen molar-refractivity contribution in [1.82, 2.24) is 9.21 Å². The van der Waals surface area contributed by atoms with E-state index in [0.29, 0.717) is 31.6 Å². The molecular formula is C20H28N2O5S2. The number of benzene rings is 1. The van der Waals surface area contributed by atoms with Crippen molar-refractivity contribution in [2.75, 3.05) is 31.1 Å². The van der Waals surface area contributed by atoms with Gasteiger partial charge in [0.25, 0.3) is 0 Å². The number of sulfonamides is 1. The van der Waals surface area contributed by atoms with Crippen LogP contribution in [0.15, 0.2) is 41.8 Å². The van der Waals surface area contributed by atoms with Gasteiger partial charge in [-0.15, -0.1) is 6.58 Å². The number of nitrogens with zero attached hydrogens (tertiary/aromatic N) is 2. The average molecular weight is 441 g/mol. The summed E-state index contributed by atoms with van der Waals surface area (Å²) in [6.07, 6.45) is 4.93. The average Bonchev–Trinajstić information content (AvgIpc) is 3.06. The lowest BCUT2D eigenvalue weighted by atomic mass is 10.1. The SMILES string of the molecule is C=CCN(C(=O)Cc1ccc(S(=O)(=O)N2CCCCC2)cc1)C1CCS(=O)(=O)C1. The van der Waals surface area contributed by atoms with Gasteiger partial charge < -0.3 is 4.90 Å². The minimum absolute atomic E-state index is 0.0143. The van der Waals surface area contributed by atoms with Crippen molar-refractivity contribution in [2.24, 2.45) is 0 Å². The van der Waals surface area contributed by atoms with Crippen LogP contribution in [-0.2, 0) is 31.1 Å². The largest absolute Gasteiger partial charge is 0.335 e. The molecule has 0 saturated carbocycles. The van der Waals surface area contributed by atoms with Crippen LogP contribution < -0.4 is 0 Å². The molecule has 2 saturated heterocycles. The first-order valence-electron chi connectivity index (χ1n) is 9.93. The van der Waals surface area contributed by atoms with Gasteiger partial charge in [0.2, 0.25) is 15.9 Å². The Hall–Kier alpha value is -1.71. The molecule has 2 aliphatic heterocycles. The van der Waals surface area contributed by atoms with Crippen molar-refractivity contribution in [2.45, 2.75) is 43.0 Å². The predicted octanol–water partition coefficient (Wildman–Crippen LogP) is 1.61. The van der Waals surface area contributed by atoms with E-state index >= 15 is 0 Å². The van der Waals surface area contributed by atoms with Gasteiger partial charge in [0.1, 0.15) is 0 Å². The number of carbonyl (C=O) groups is 1. The fraction of sp³-hybridized carbons (Fsp3) is 0.550. The lowest BCUT2D eigenvalue weighted by Crippen LogP contribution is -2.42. The van der Waals surface area contributed by atoms with Crippen molar-refractivity contribution >= 4 is 25.8 Å². The fourth-order valence-corrected chi connectivity index (χ4v) is 7.17. The molecule has 0 N–H and O–H groups in total. The van der Waals surface area contributed by atoms with Gasteiger partial charge in [0.15, 0.2) is 9.84 Å². The predicted molar refractivity (Wildman–Crippen MR) is 112 cm³/mol. The van der Waals surface area contributed by atoms with Crippen molar-refractivity contribution < 1.29 is 21.6 Å². The first kappa shape index (κ1) is 22.0. The molecule has 7 nitrogen and oxygen atoms in total. The van der Waals surface area contributed by atoms with E-state index in [-0.39, 0.29) is 34.8 Å². The number of hydrogen-bond acceptors (Lipinski definition) is 5. The van der Waals surface area contributed by atoms with E-state index in [9.17, 15) is 21.6 Å². The molecular weight excluding hydrogens is 412 g/mol. The molecule has 1 aromatic rings. The molecule has 2 fully saturated rings. The van der Waals surface area contributed by atoms with Crippen LogP contribution in [0.3, 0.4) is 0 Å². The minimum Gasteiger partial charge on any atom is -0.335 e. The highest BCUT2D eigenvalue weighted by atomic mass is 32.2. The number of piperidine rings is 1. The van der Waals surface area contributed by atoms with Crippen LogP contribution in [0.25, 0.3) is 0 Å². The van der Waals surface area contributed by atoms with Crippen molar-refractivity contribution in [3.05, 3.63) is 42.5 Å². The number of rotatable bonds is 7. The maximum Gasteiger partial charge on any atom is 0.243 e. The molecule has 1 aromatic carbocycles. The standard InChI is InChI=1S/C20H28N2O5S2/c1-2-11-22(18-10-14-28(24,25)16-18)20(23)15-17-6-8-19(9-7-17)29(26,27)21-12-4-3-5-13-21/h2,6-9,18H,1,3-5,10-16H2. The van der Waals surface area contributed by atoms with E-state index in [1.165, 1.54) is 4.31 Å². The molecule has 0 radical (unpaired) electrons.